The minimum absolute atomic E-state index is 0.0256. The molecule has 0 unspecified atom stereocenters. The lowest BCUT2D eigenvalue weighted by Gasteiger charge is -2.59. The van der Waals surface area contributed by atoms with Gasteiger partial charge < -0.3 is 20.1 Å². The number of fused-ring (bicyclic) bond motifs is 5. The first-order valence-electron chi connectivity index (χ1n) is 10.4. The van der Waals surface area contributed by atoms with E-state index in [1.165, 1.54) is 0 Å². The Labute approximate surface area is 160 Å². The second-order valence-electron chi connectivity index (χ2n) is 10.1. The second kappa shape index (κ2) is 5.98. The Morgan fingerprint density at radius 1 is 1.15 bits per heavy atom. The fourth-order valence-corrected chi connectivity index (χ4v) is 7.15. The monoisotopic (exact) mass is 376 g/mol. The highest BCUT2D eigenvalue weighted by Gasteiger charge is 2.66. The molecule has 27 heavy (non-hydrogen) atoms. The zero-order valence-electron chi connectivity index (χ0n) is 16.6. The Hall–Kier alpha value is -1.04. The lowest BCUT2D eigenvalue weighted by Crippen LogP contribution is -2.60. The van der Waals surface area contributed by atoms with Crippen LogP contribution >= 0.6 is 0 Å². The summed E-state index contributed by atoms with van der Waals surface area (Å²) in [5.74, 6) is 0.00452. The minimum atomic E-state index is -1.05. The van der Waals surface area contributed by atoms with Crippen molar-refractivity contribution in [2.24, 2.45) is 28.6 Å². The zero-order chi connectivity index (χ0) is 19.8. The van der Waals surface area contributed by atoms with Crippen LogP contribution in [0.25, 0.3) is 0 Å². The summed E-state index contributed by atoms with van der Waals surface area (Å²) in [4.78, 5) is 24.8. The predicted molar refractivity (Wildman–Crippen MR) is 99.7 cm³/mol. The Kier molecular flexibility index (Phi) is 4.27. The van der Waals surface area contributed by atoms with Gasteiger partial charge in [-0.25, -0.2) is 0 Å². The van der Waals surface area contributed by atoms with Crippen molar-refractivity contribution in [1.82, 2.24) is 0 Å². The zero-order valence-corrected chi connectivity index (χ0v) is 16.6. The van der Waals surface area contributed by atoms with E-state index < -0.39 is 28.6 Å². The van der Waals surface area contributed by atoms with E-state index in [4.69, 9.17) is 0 Å². The summed E-state index contributed by atoms with van der Waals surface area (Å²) in [6.07, 6.45) is 4.19. The number of carbonyl (C=O) groups is 2. The molecule has 0 aromatic carbocycles. The molecule has 8 atom stereocenters. The summed E-state index contributed by atoms with van der Waals surface area (Å²) in [6.45, 7) is 5.75. The molecular formula is C22H32O5. The lowest BCUT2D eigenvalue weighted by molar-refractivity contribution is -0.152. The van der Waals surface area contributed by atoms with Gasteiger partial charge in [-0.15, -0.1) is 0 Å². The Balaban J connectivity index is 1.75. The van der Waals surface area contributed by atoms with Crippen LogP contribution in [0.4, 0.5) is 0 Å². The van der Waals surface area contributed by atoms with E-state index in [0.717, 1.165) is 24.8 Å². The molecule has 150 valence electrons. The molecule has 0 spiro atoms. The number of carbonyl (C=O) groups excluding carboxylic acids is 2. The molecule has 4 aliphatic carbocycles. The smallest absolute Gasteiger partial charge is 0.159 e. The number of Topliss-reactive ketones (excluding diaryl/α,β-unsaturated/α-hetero) is 1. The van der Waals surface area contributed by atoms with Crippen LogP contribution in [0, 0.1) is 28.6 Å². The highest BCUT2D eigenvalue weighted by molar-refractivity contribution is 5.95. The summed E-state index contributed by atoms with van der Waals surface area (Å²) in [5, 5.41) is 32.3. The maximum Gasteiger partial charge on any atom is 0.159 e. The Morgan fingerprint density at radius 2 is 1.85 bits per heavy atom. The number of aliphatic hydroxyl groups excluding tert-OH is 2. The summed E-state index contributed by atoms with van der Waals surface area (Å²) in [7, 11) is 0. The van der Waals surface area contributed by atoms with Gasteiger partial charge in [-0.1, -0.05) is 13.8 Å². The molecular weight excluding hydrogens is 344 g/mol. The van der Waals surface area contributed by atoms with Crippen LogP contribution in [0.15, 0.2) is 11.6 Å². The topological polar surface area (TPSA) is 94.8 Å². The van der Waals surface area contributed by atoms with Crippen LogP contribution in [-0.4, -0.2) is 44.7 Å². The molecule has 0 bridgehead atoms. The van der Waals surface area contributed by atoms with Crippen LogP contribution in [-0.2, 0) is 9.59 Å². The van der Waals surface area contributed by atoms with Gasteiger partial charge in [-0.05, 0) is 74.3 Å². The van der Waals surface area contributed by atoms with Crippen molar-refractivity contribution in [1.29, 1.82) is 0 Å². The number of hydrogen-bond acceptors (Lipinski definition) is 5. The SMILES string of the molecule is CC(=O)C[C@H]1CC[C@@]2(O)C3=CC(=O)[C@@H]4C[C@@H](O)[C@@H](O)C[C@]4(C)[C@H]3CC[C@]12C. The summed E-state index contributed by atoms with van der Waals surface area (Å²) >= 11 is 0. The maximum absolute atomic E-state index is 13.0. The van der Waals surface area contributed by atoms with Crippen molar-refractivity contribution in [2.75, 3.05) is 0 Å². The fraction of sp³-hybridized carbons (Fsp3) is 0.818. The van der Waals surface area contributed by atoms with Gasteiger partial charge in [-0.2, -0.15) is 0 Å². The molecule has 0 heterocycles. The standard InChI is InChI=1S/C22H32O5/c1-12(23)8-13-4-7-22(27)15-9-17(24)16-10-18(25)19(26)11-20(16,2)14(15)5-6-21(13,22)3/h9,13-14,16,18-19,25-27H,4-8,10-11H2,1-3H3/t13-,14+,16+,18-,19+,20-,21-,22-/m1/s1. The van der Waals surface area contributed by atoms with E-state index in [1.54, 1.807) is 13.0 Å². The Bertz CT molecular complexity index is 713. The number of ketones is 2. The number of hydrogen-bond donors (Lipinski definition) is 3. The minimum Gasteiger partial charge on any atom is -0.390 e. The van der Waals surface area contributed by atoms with Crippen molar-refractivity contribution in [3.8, 4) is 0 Å². The first-order chi connectivity index (χ1) is 12.5. The molecule has 0 radical (unpaired) electrons. The van der Waals surface area contributed by atoms with Crippen LogP contribution in [0.5, 0.6) is 0 Å². The van der Waals surface area contributed by atoms with Crippen LogP contribution < -0.4 is 0 Å². The third-order valence-corrected chi connectivity index (χ3v) is 8.84. The van der Waals surface area contributed by atoms with Crippen LogP contribution in [0.2, 0.25) is 0 Å². The summed E-state index contributed by atoms with van der Waals surface area (Å²) in [5.41, 5.74) is -1.05. The van der Waals surface area contributed by atoms with Crippen molar-refractivity contribution in [3.05, 3.63) is 11.6 Å². The van der Waals surface area contributed by atoms with Crippen molar-refractivity contribution in [2.45, 2.75) is 83.5 Å². The third kappa shape index (κ3) is 2.47. The largest absolute Gasteiger partial charge is 0.390 e. The van der Waals surface area contributed by atoms with E-state index >= 15 is 0 Å². The van der Waals surface area contributed by atoms with E-state index in [2.05, 4.69) is 13.8 Å². The van der Waals surface area contributed by atoms with E-state index in [9.17, 15) is 24.9 Å². The number of aliphatic hydroxyl groups is 3. The molecule has 5 heteroatoms. The molecule has 0 aromatic heterocycles. The molecule has 3 fully saturated rings. The molecule has 0 amide bonds. The predicted octanol–water partition coefficient (Wildman–Crippen LogP) is 2.17. The van der Waals surface area contributed by atoms with Gasteiger partial charge in [0.25, 0.3) is 0 Å². The van der Waals surface area contributed by atoms with Gasteiger partial charge in [0.05, 0.1) is 17.8 Å². The maximum atomic E-state index is 13.0. The fourth-order valence-electron chi connectivity index (χ4n) is 7.15. The van der Waals surface area contributed by atoms with E-state index in [-0.39, 0.29) is 29.3 Å². The number of allylic oxidation sites excluding steroid dienone is 1. The summed E-state index contributed by atoms with van der Waals surface area (Å²) in [6, 6.07) is 0. The highest BCUT2D eigenvalue weighted by Crippen LogP contribution is 2.67. The van der Waals surface area contributed by atoms with E-state index in [1.807, 2.05) is 0 Å². The molecule has 5 nitrogen and oxygen atoms in total. The first-order valence-corrected chi connectivity index (χ1v) is 10.4. The van der Waals surface area contributed by atoms with Gasteiger partial charge in [-0.3, -0.25) is 4.79 Å². The van der Waals surface area contributed by atoms with Crippen molar-refractivity contribution in [3.63, 3.8) is 0 Å². The van der Waals surface area contributed by atoms with Crippen LogP contribution in [0.1, 0.15) is 65.7 Å². The molecule has 0 aliphatic heterocycles. The number of rotatable bonds is 2. The normalized spacial score (nSPS) is 51.9. The van der Waals surface area contributed by atoms with Gasteiger partial charge in [0.1, 0.15) is 5.78 Å². The average molecular weight is 376 g/mol. The van der Waals surface area contributed by atoms with Gasteiger partial charge >= 0.3 is 0 Å². The summed E-state index contributed by atoms with van der Waals surface area (Å²) < 4.78 is 0. The van der Waals surface area contributed by atoms with E-state index in [0.29, 0.717) is 25.7 Å². The lowest BCUT2D eigenvalue weighted by atomic mass is 9.46. The average Bonchev–Trinajstić information content (AvgIpc) is 2.83. The first kappa shape index (κ1) is 19.3. The Morgan fingerprint density at radius 3 is 2.52 bits per heavy atom. The molecule has 4 aliphatic rings. The van der Waals surface area contributed by atoms with Gasteiger partial charge in [0.15, 0.2) is 5.78 Å². The molecule has 0 saturated heterocycles. The quantitative estimate of drug-likeness (QED) is 0.687. The highest BCUT2D eigenvalue weighted by atomic mass is 16.3. The second-order valence-corrected chi connectivity index (χ2v) is 10.1. The van der Waals surface area contributed by atoms with Gasteiger partial charge in [0, 0.05) is 17.8 Å². The third-order valence-electron chi connectivity index (χ3n) is 8.84. The van der Waals surface area contributed by atoms with Crippen molar-refractivity contribution < 1.29 is 24.9 Å². The molecule has 0 aromatic rings. The van der Waals surface area contributed by atoms with Crippen molar-refractivity contribution >= 4 is 11.6 Å². The molecule has 3 N–H and O–H groups in total. The molecule has 3 saturated carbocycles. The van der Waals surface area contributed by atoms with Crippen LogP contribution in [0.3, 0.4) is 0 Å². The molecule has 4 rings (SSSR count). The van der Waals surface area contributed by atoms with Gasteiger partial charge in [0.2, 0.25) is 0 Å².